The van der Waals surface area contributed by atoms with E-state index in [1.165, 1.54) is 5.57 Å². The minimum atomic E-state index is 0.236. The Kier molecular flexibility index (Phi) is 1.78. The van der Waals surface area contributed by atoms with Crippen molar-refractivity contribution < 1.29 is 0 Å². The Hall–Kier alpha value is -0.920. The van der Waals surface area contributed by atoms with Gasteiger partial charge in [0.2, 0.25) is 0 Å². The van der Waals surface area contributed by atoms with Crippen LogP contribution in [0.25, 0.3) is 0 Å². The van der Waals surface area contributed by atoms with Gasteiger partial charge in [0, 0.05) is 6.20 Å². The molecule has 48 valence electrons. The zero-order valence-electron chi connectivity index (χ0n) is 5.70. The summed E-state index contributed by atoms with van der Waals surface area (Å²) in [7, 11) is 0. The van der Waals surface area contributed by atoms with Gasteiger partial charge in [-0.05, 0) is 19.9 Å². The van der Waals surface area contributed by atoms with Crippen LogP contribution in [0, 0.1) is 0 Å². The quantitative estimate of drug-likeness (QED) is 0.471. The Morgan fingerprint density at radius 1 is 1.56 bits per heavy atom. The molecule has 1 aliphatic heterocycles. The molecule has 0 aliphatic carbocycles. The molecular formula is C7H10N2. The van der Waals surface area contributed by atoms with E-state index in [2.05, 4.69) is 16.3 Å². The molecule has 1 unspecified atom stereocenters. The lowest BCUT2D eigenvalue weighted by molar-refractivity contribution is 0.852. The van der Waals surface area contributed by atoms with Crippen LogP contribution in [0.2, 0.25) is 0 Å². The van der Waals surface area contributed by atoms with Crippen molar-refractivity contribution in [3.63, 3.8) is 0 Å². The summed E-state index contributed by atoms with van der Waals surface area (Å²) in [4.78, 5) is 0. The summed E-state index contributed by atoms with van der Waals surface area (Å²) in [5, 5.41) is 7.73. The minimum absolute atomic E-state index is 0.236. The first-order valence-electron chi connectivity index (χ1n) is 3.04. The molecule has 0 aromatic rings. The Labute approximate surface area is 55.0 Å². The highest BCUT2D eigenvalue weighted by Crippen LogP contribution is 2.05. The van der Waals surface area contributed by atoms with Crippen molar-refractivity contribution in [3.05, 3.63) is 23.9 Å². The molecule has 1 rings (SSSR count). The molecule has 2 nitrogen and oxygen atoms in total. The minimum Gasteiger partial charge on any atom is -0.182 e. The average molecular weight is 122 g/mol. The van der Waals surface area contributed by atoms with Gasteiger partial charge in [-0.1, -0.05) is 11.6 Å². The second-order valence-electron chi connectivity index (χ2n) is 2.20. The average Bonchev–Trinajstić information content (AvgIpc) is 1.93. The lowest BCUT2D eigenvalue weighted by atomic mass is 10.2. The van der Waals surface area contributed by atoms with Crippen LogP contribution in [0.1, 0.15) is 13.8 Å². The van der Waals surface area contributed by atoms with E-state index in [-0.39, 0.29) is 6.04 Å². The second-order valence-corrected chi connectivity index (χ2v) is 2.20. The predicted octanol–water partition coefficient (Wildman–Crippen LogP) is 2.30. The summed E-state index contributed by atoms with van der Waals surface area (Å²) in [5.74, 6) is 0. The van der Waals surface area contributed by atoms with Crippen LogP contribution < -0.4 is 0 Å². The van der Waals surface area contributed by atoms with Gasteiger partial charge in [-0.2, -0.15) is 10.2 Å². The number of azo groups is 1. The van der Waals surface area contributed by atoms with Gasteiger partial charge in [-0.3, -0.25) is 0 Å². The number of hydrogen-bond donors (Lipinski definition) is 0. The van der Waals surface area contributed by atoms with Gasteiger partial charge in [0.1, 0.15) is 0 Å². The van der Waals surface area contributed by atoms with E-state index in [1.54, 1.807) is 6.20 Å². The van der Waals surface area contributed by atoms with Crippen molar-refractivity contribution in [3.8, 4) is 0 Å². The van der Waals surface area contributed by atoms with Gasteiger partial charge in [-0.25, -0.2) is 0 Å². The largest absolute Gasteiger partial charge is 0.182 e. The van der Waals surface area contributed by atoms with Crippen LogP contribution in [0.15, 0.2) is 34.2 Å². The third-order valence-corrected chi connectivity index (χ3v) is 1.16. The van der Waals surface area contributed by atoms with Crippen molar-refractivity contribution in [2.24, 2.45) is 10.2 Å². The second kappa shape index (κ2) is 2.58. The Balaban J connectivity index is 2.77. The fraction of sp³-hybridized carbons (Fsp3) is 0.429. The molecule has 0 spiro atoms. The molecule has 0 saturated carbocycles. The van der Waals surface area contributed by atoms with Crippen molar-refractivity contribution in [1.29, 1.82) is 0 Å². The third-order valence-electron chi connectivity index (χ3n) is 1.16. The molecule has 0 fully saturated rings. The molecular weight excluding hydrogens is 112 g/mol. The van der Waals surface area contributed by atoms with E-state index >= 15 is 0 Å². The molecule has 0 N–H and O–H groups in total. The lowest BCUT2D eigenvalue weighted by Crippen LogP contribution is -1.88. The summed E-state index contributed by atoms with van der Waals surface area (Å²) in [6.07, 6.45) is 5.75. The van der Waals surface area contributed by atoms with Gasteiger partial charge in [0.25, 0.3) is 0 Å². The van der Waals surface area contributed by atoms with Gasteiger partial charge >= 0.3 is 0 Å². The van der Waals surface area contributed by atoms with Crippen molar-refractivity contribution >= 4 is 0 Å². The normalized spacial score (nSPS) is 25.6. The highest BCUT2D eigenvalue weighted by atomic mass is 15.1. The maximum atomic E-state index is 3.94. The smallest absolute Gasteiger partial charge is 0.0870 e. The van der Waals surface area contributed by atoms with E-state index in [4.69, 9.17) is 0 Å². The topological polar surface area (TPSA) is 24.7 Å². The number of hydrogen-bond acceptors (Lipinski definition) is 2. The van der Waals surface area contributed by atoms with Gasteiger partial charge in [0.05, 0.1) is 6.04 Å². The predicted molar refractivity (Wildman–Crippen MR) is 37.2 cm³/mol. The zero-order chi connectivity index (χ0) is 6.69. The Morgan fingerprint density at radius 2 is 2.33 bits per heavy atom. The maximum Gasteiger partial charge on any atom is 0.0870 e. The van der Waals surface area contributed by atoms with Gasteiger partial charge in [0.15, 0.2) is 0 Å². The van der Waals surface area contributed by atoms with Crippen LogP contribution in [-0.4, -0.2) is 6.04 Å². The van der Waals surface area contributed by atoms with E-state index in [0.29, 0.717) is 0 Å². The SMILES string of the molecule is CC1=CC(C)N=NC=C1. The molecule has 0 aromatic carbocycles. The molecule has 0 saturated heterocycles. The first-order chi connectivity index (χ1) is 4.29. The summed E-state index contributed by atoms with van der Waals surface area (Å²) in [6.45, 7) is 4.06. The molecule has 1 atom stereocenters. The first-order valence-corrected chi connectivity index (χ1v) is 3.04. The third kappa shape index (κ3) is 1.80. The molecule has 1 aliphatic rings. The number of rotatable bonds is 0. The van der Waals surface area contributed by atoms with Crippen LogP contribution in [-0.2, 0) is 0 Å². The zero-order valence-corrected chi connectivity index (χ0v) is 5.70. The summed E-state index contributed by atoms with van der Waals surface area (Å²) in [5.41, 5.74) is 1.23. The van der Waals surface area contributed by atoms with Crippen molar-refractivity contribution in [2.45, 2.75) is 19.9 Å². The molecule has 2 heteroatoms. The van der Waals surface area contributed by atoms with Crippen LogP contribution >= 0.6 is 0 Å². The first kappa shape index (κ1) is 6.20. The molecule has 0 bridgehead atoms. The monoisotopic (exact) mass is 122 g/mol. The fourth-order valence-electron chi connectivity index (χ4n) is 0.764. The van der Waals surface area contributed by atoms with Crippen LogP contribution in [0.5, 0.6) is 0 Å². The number of nitrogens with zero attached hydrogens (tertiary/aromatic N) is 2. The summed E-state index contributed by atoms with van der Waals surface area (Å²) >= 11 is 0. The Bertz CT molecular complexity index is 177. The highest BCUT2D eigenvalue weighted by molar-refractivity contribution is 5.18. The summed E-state index contributed by atoms with van der Waals surface area (Å²) < 4.78 is 0. The molecule has 9 heavy (non-hydrogen) atoms. The molecule has 0 aromatic heterocycles. The molecule has 0 amide bonds. The van der Waals surface area contributed by atoms with Crippen LogP contribution in [0.4, 0.5) is 0 Å². The standard InChI is InChI=1S/C7H10N2/c1-6-3-4-8-9-7(2)5-6/h3-5,7H,1-2H3. The fourth-order valence-corrected chi connectivity index (χ4v) is 0.764. The van der Waals surface area contributed by atoms with Crippen molar-refractivity contribution in [1.82, 2.24) is 0 Å². The van der Waals surface area contributed by atoms with Gasteiger partial charge < -0.3 is 0 Å². The van der Waals surface area contributed by atoms with E-state index in [1.807, 2.05) is 19.9 Å². The molecule has 0 radical (unpaired) electrons. The van der Waals surface area contributed by atoms with E-state index < -0.39 is 0 Å². The summed E-state index contributed by atoms with van der Waals surface area (Å²) in [6, 6.07) is 0.236. The lowest BCUT2D eigenvalue weighted by Gasteiger charge is -1.92. The van der Waals surface area contributed by atoms with E-state index in [9.17, 15) is 0 Å². The van der Waals surface area contributed by atoms with E-state index in [0.717, 1.165) is 0 Å². The highest BCUT2D eigenvalue weighted by Gasteiger charge is 1.94. The number of allylic oxidation sites excluding steroid dienone is 2. The van der Waals surface area contributed by atoms with Crippen molar-refractivity contribution in [2.75, 3.05) is 0 Å². The Morgan fingerprint density at radius 3 is 3.11 bits per heavy atom. The maximum absolute atomic E-state index is 3.94. The van der Waals surface area contributed by atoms with Crippen LogP contribution in [0.3, 0.4) is 0 Å². The van der Waals surface area contributed by atoms with Gasteiger partial charge in [-0.15, -0.1) is 0 Å². The molecule has 1 heterocycles.